The lowest BCUT2D eigenvalue weighted by atomic mass is 9.66. The first-order valence-corrected chi connectivity index (χ1v) is 17.3. The van der Waals surface area contributed by atoms with Gasteiger partial charge in [-0.1, -0.05) is 178 Å². The molecule has 0 aliphatic heterocycles. The molecule has 0 saturated heterocycles. The van der Waals surface area contributed by atoms with Crippen LogP contribution < -0.4 is 4.57 Å². The van der Waals surface area contributed by atoms with Gasteiger partial charge in [0.1, 0.15) is 12.4 Å². The minimum absolute atomic E-state index is 0.0119. The Balaban J connectivity index is 1.59. The van der Waals surface area contributed by atoms with Gasteiger partial charge in [-0.3, -0.25) is 0 Å². The highest BCUT2D eigenvalue weighted by Crippen LogP contribution is 2.43. The van der Waals surface area contributed by atoms with Crippen LogP contribution >= 0.6 is 0 Å². The van der Waals surface area contributed by atoms with Crippen LogP contribution in [0.1, 0.15) is 153 Å². The first kappa shape index (κ1) is 33.2. The Hall–Kier alpha value is -2.35. The summed E-state index contributed by atoms with van der Waals surface area (Å²) in [4.78, 5) is 3.74. The zero-order chi connectivity index (χ0) is 29.0. The zero-order valence-electron chi connectivity index (χ0n) is 26.9. The van der Waals surface area contributed by atoms with E-state index in [0.29, 0.717) is 5.92 Å². The summed E-state index contributed by atoms with van der Waals surface area (Å²) in [5.74, 6) is 1.85. The van der Waals surface area contributed by atoms with Crippen molar-refractivity contribution in [2.45, 2.75) is 154 Å². The Labute approximate surface area is 253 Å². The number of aromatic nitrogens is 2. The van der Waals surface area contributed by atoms with Gasteiger partial charge < -0.3 is 0 Å². The number of H-pyrrole nitrogens is 1. The summed E-state index contributed by atoms with van der Waals surface area (Å²) in [5, 5.41) is 0. The molecule has 0 aliphatic rings. The molecule has 2 heteroatoms. The second kappa shape index (κ2) is 19.7. The lowest BCUT2D eigenvalue weighted by Gasteiger charge is -2.37. The summed E-state index contributed by atoms with van der Waals surface area (Å²) >= 11 is 0. The fourth-order valence-electron chi connectivity index (χ4n) is 6.77. The van der Waals surface area contributed by atoms with Gasteiger partial charge in [0.25, 0.3) is 5.82 Å². The smallest absolute Gasteiger partial charge is 0.247 e. The highest BCUT2D eigenvalue weighted by molar-refractivity contribution is 5.32. The Kier molecular flexibility index (Phi) is 15.9. The van der Waals surface area contributed by atoms with Crippen molar-refractivity contribution in [1.29, 1.82) is 0 Å². The molecule has 0 aliphatic carbocycles. The summed E-state index contributed by atoms with van der Waals surface area (Å²) in [6.07, 6.45) is 28.9. The number of hydrogen-bond acceptors (Lipinski definition) is 0. The molecule has 1 N–H and O–H groups in total. The summed E-state index contributed by atoms with van der Waals surface area (Å²) in [6, 6.07) is 22.5. The highest BCUT2D eigenvalue weighted by Gasteiger charge is 2.41. The van der Waals surface area contributed by atoms with Gasteiger partial charge in [-0.25, -0.2) is 9.55 Å². The molecule has 226 valence electrons. The third-order valence-electron chi connectivity index (χ3n) is 9.34. The van der Waals surface area contributed by atoms with Crippen LogP contribution in [0.2, 0.25) is 0 Å². The van der Waals surface area contributed by atoms with Crippen molar-refractivity contribution >= 4 is 0 Å². The van der Waals surface area contributed by atoms with Crippen molar-refractivity contribution in [1.82, 2.24) is 4.98 Å². The van der Waals surface area contributed by atoms with Crippen LogP contribution in [-0.4, -0.2) is 4.98 Å². The van der Waals surface area contributed by atoms with E-state index in [0.717, 1.165) is 13.0 Å². The van der Waals surface area contributed by atoms with Crippen molar-refractivity contribution < 1.29 is 4.57 Å². The van der Waals surface area contributed by atoms with E-state index in [1.807, 2.05) is 0 Å². The quantitative estimate of drug-likeness (QED) is 0.0883. The average molecular weight is 558 g/mol. The molecule has 0 fully saturated rings. The van der Waals surface area contributed by atoms with Crippen molar-refractivity contribution in [3.05, 3.63) is 90.0 Å². The van der Waals surface area contributed by atoms with Gasteiger partial charge >= 0.3 is 0 Å². The molecule has 2 nitrogen and oxygen atoms in total. The SMILES string of the molecule is CCCCCCCCCCCCCCCCC(c1[nH]cc[n+]1CCCC)C(C)(Cc1ccccc1)c1ccccc1. The Morgan fingerprint density at radius 2 is 1.15 bits per heavy atom. The number of rotatable bonds is 23. The lowest BCUT2D eigenvalue weighted by Crippen LogP contribution is -2.43. The number of hydrogen-bond donors (Lipinski definition) is 1. The maximum Gasteiger partial charge on any atom is 0.258 e. The van der Waals surface area contributed by atoms with Crippen molar-refractivity contribution in [2.75, 3.05) is 0 Å². The van der Waals surface area contributed by atoms with Gasteiger partial charge in [-0.2, -0.15) is 0 Å². The van der Waals surface area contributed by atoms with Gasteiger partial charge in [-0.05, 0) is 30.4 Å². The lowest BCUT2D eigenvalue weighted by molar-refractivity contribution is -0.705. The highest BCUT2D eigenvalue weighted by atomic mass is 15.1. The molecule has 1 aromatic heterocycles. The molecule has 2 atom stereocenters. The predicted molar refractivity (Wildman–Crippen MR) is 178 cm³/mol. The van der Waals surface area contributed by atoms with Gasteiger partial charge in [0.2, 0.25) is 0 Å². The number of aryl methyl sites for hydroxylation is 1. The van der Waals surface area contributed by atoms with Crippen LogP contribution in [0.25, 0.3) is 0 Å². The van der Waals surface area contributed by atoms with E-state index < -0.39 is 0 Å². The maximum absolute atomic E-state index is 3.74. The normalized spacial score (nSPS) is 13.7. The van der Waals surface area contributed by atoms with Gasteiger partial charge in [-0.15, -0.1) is 0 Å². The number of imidazole rings is 1. The monoisotopic (exact) mass is 557 g/mol. The summed E-state index contributed by atoms with van der Waals surface area (Å²) in [5.41, 5.74) is 2.89. The zero-order valence-corrected chi connectivity index (χ0v) is 26.9. The van der Waals surface area contributed by atoms with E-state index in [1.54, 1.807) is 0 Å². The van der Waals surface area contributed by atoms with Gasteiger partial charge in [0.05, 0.1) is 12.5 Å². The summed E-state index contributed by atoms with van der Waals surface area (Å²) in [7, 11) is 0. The van der Waals surface area contributed by atoms with Crippen LogP contribution in [0.15, 0.2) is 73.1 Å². The fraction of sp³-hybridized carbons (Fsp3) is 0.615. The summed E-state index contributed by atoms with van der Waals surface area (Å²) in [6.45, 7) is 8.22. The molecule has 0 bridgehead atoms. The molecule has 41 heavy (non-hydrogen) atoms. The van der Waals surface area contributed by atoms with Crippen LogP contribution in [0.5, 0.6) is 0 Å². The Bertz CT molecular complexity index is 1020. The third-order valence-corrected chi connectivity index (χ3v) is 9.34. The third kappa shape index (κ3) is 11.4. The second-order valence-electron chi connectivity index (χ2n) is 12.8. The molecule has 3 aromatic rings. The molecular formula is C39H61N2+. The number of aromatic amines is 1. The molecule has 2 aromatic carbocycles. The number of nitrogens with one attached hydrogen (secondary N) is 1. The largest absolute Gasteiger partial charge is 0.258 e. The van der Waals surface area contributed by atoms with E-state index in [1.165, 1.54) is 126 Å². The van der Waals surface area contributed by atoms with Crippen LogP contribution in [0, 0.1) is 0 Å². The Morgan fingerprint density at radius 1 is 0.634 bits per heavy atom. The van der Waals surface area contributed by atoms with Crippen molar-refractivity contribution in [2.24, 2.45) is 0 Å². The number of benzene rings is 2. The molecule has 1 heterocycles. The first-order valence-electron chi connectivity index (χ1n) is 17.3. The minimum Gasteiger partial charge on any atom is -0.247 e. The summed E-state index contributed by atoms with van der Waals surface area (Å²) < 4.78 is 2.52. The van der Waals surface area contributed by atoms with E-state index >= 15 is 0 Å². The molecule has 2 unspecified atom stereocenters. The van der Waals surface area contributed by atoms with Crippen molar-refractivity contribution in [3.8, 4) is 0 Å². The van der Waals surface area contributed by atoms with Gasteiger partial charge in [0, 0.05) is 5.41 Å². The topological polar surface area (TPSA) is 19.7 Å². The molecule has 0 amide bonds. The minimum atomic E-state index is 0.0119. The molecule has 3 rings (SSSR count). The van der Waals surface area contributed by atoms with Gasteiger partial charge in [0.15, 0.2) is 0 Å². The van der Waals surface area contributed by atoms with E-state index in [9.17, 15) is 0 Å². The van der Waals surface area contributed by atoms with Crippen LogP contribution in [0.4, 0.5) is 0 Å². The van der Waals surface area contributed by atoms with Crippen LogP contribution in [-0.2, 0) is 18.4 Å². The van der Waals surface area contributed by atoms with Crippen molar-refractivity contribution in [3.63, 3.8) is 0 Å². The second-order valence-corrected chi connectivity index (χ2v) is 12.8. The number of unbranched alkanes of at least 4 members (excludes halogenated alkanes) is 14. The molecule has 0 radical (unpaired) electrons. The number of nitrogens with zero attached hydrogens (tertiary/aromatic N) is 1. The molecule has 0 saturated carbocycles. The van der Waals surface area contributed by atoms with E-state index in [4.69, 9.17) is 0 Å². The first-order chi connectivity index (χ1) is 20.2. The average Bonchev–Trinajstić information content (AvgIpc) is 3.47. The maximum atomic E-state index is 3.74. The molecule has 0 spiro atoms. The van der Waals surface area contributed by atoms with Crippen LogP contribution in [0.3, 0.4) is 0 Å². The Morgan fingerprint density at radius 3 is 1.71 bits per heavy atom. The standard InChI is InChI=1S/C39H60N2/c1-4-6-8-9-10-11-12-13-14-15-16-17-18-25-30-37(38-40-31-33-41(38)32-7-5-2)39(3,36-28-23-20-24-29-36)34-35-26-21-19-22-27-35/h19-24,26-29,31,33,37H,4-18,25,30,32,34H2,1-3H3/p+1. The van der Waals surface area contributed by atoms with E-state index in [-0.39, 0.29) is 5.41 Å². The predicted octanol–water partition coefficient (Wildman–Crippen LogP) is 11.3. The fourth-order valence-corrected chi connectivity index (χ4v) is 6.77. The molecular weight excluding hydrogens is 496 g/mol. The van der Waals surface area contributed by atoms with E-state index in [2.05, 4.69) is 103 Å².